The van der Waals surface area contributed by atoms with Gasteiger partial charge in [0.1, 0.15) is 5.75 Å². The first-order chi connectivity index (χ1) is 8.74. The highest BCUT2D eigenvalue weighted by Gasteiger charge is 2.06. The molecule has 0 amide bonds. The Morgan fingerprint density at radius 1 is 1.28 bits per heavy atom. The summed E-state index contributed by atoms with van der Waals surface area (Å²) in [6.07, 6.45) is 0. The fourth-order valence-electron chi connectivity index (χ4n) is 1.69. The van der Waals surface area contributed by atoms with E-state index in [2.05, 4.69) is 52.4 Å². The van der Waals surface area contributed by atoms with Crippen molar-refractivity contribution in [3.63, 3.8) is 0 Å². The predicted octanol–water partition coefficient (Wildman–Crippen LogP) is 4.30. The van der Waals surface area contributed by atoms with Crippen molar-refractivity contribution in [3.05, 3.63) is 39.7 Å². The average molecular weight is 326 g/mol. The van der Waals surface area contributed by atoms with Crippen molar-refractivity contribution in [2.45, 2.75) is 13.5 Å². The van der Waals surface area contributed by atoms with Crippen molar-refractivity contribution in [2.24, 2.45) is 0 Å². The number of hydrogen-bond donors (Lipinski definition) is 1. The summed E-state index contributed by atoms with van der Waals surface area (Å²) in [5, 5.41) is 3.34. The van der Waals surface area contributed by atoms with Crippen LogP contribution in [0.1, 0.15) is 11.8 Å². The number of methoxy groups -OCH3 is 1. The van der Waals surface area contributed by atoms with Crippen molar-refractivity contribution in [1.82, 2.24) is 5.32 Å². The molecule has 1 heterocycles. The normalized spacial score (nSPS) is 10.6. The standard InChI is InChI=1S/C14H16BrNOS/c1-3-16-9-11-5-7-14(18-11)10-4-6-12(15)13(8-10)17-2/h4-8,16H,3,9H2,1-2H3. The zero-order valence-electron chi connectivity index (χ0n) is 10.5. The molecule has 0 saturated heterocycles. The van der Waals surface area contributed by atoms with Gasteiger partial charge in [-0.2, -0.15) is 0 Å². The van der Waals surface area contributed by atoms with Crippen LogP contribution >= 0.6 is 27.3 Å². The Balaban J connectivity index is 2.23. The van der Waals surface area contributed by atoms with Gasteiger partial charge in [0, 0.05) is 16.3 Å². The zero-order chi connectivity index (χ0) is 13.0. The minimum Gasteiger partial charge on any atom is -0.496 e. The Kier molecular flexibility index (Phi) is 4.80. The summed E-state index contributed by atoms with van der Waals surface area (Å²) in [5.41, 5.74) is 1.20. The number of halogens is 1. The van der Waals surface area contributed by atoms with Gasteiger partial charge in [-0.3, -0.25) is 0 Å². The summed E-state index contributed by atoms with van der Waals surface area (Å²) in [4.78, 5) is 2.63. The van der Waals surface area contributed by atoms with Crippen LogP contribution < -0.4 is 10.1 Å². The van der Waals surface area contributed by atoms with Gasteiger partial charge in [0.15, 0.2) is 0 Å². The minimum atomic E-state index is 0.870. The molecule has 4 heteroatoms. The third kappa shape index (κ3) is 3.13. The average Bonchev–Trinajstić information content (AvgIpc) is 2.85. The van der Waals surface area contributed by atoms with E-state index in [0.29, 0.717) is 0 Å². The van der Waals surface area contributed by atoms with Crippen molar-refractivity contribution >= 4 is 27.3 Å². The van der Waals surface area contributed by atoms with E-state index >= 15 is 0 Å². The number of ether oxygens (including phenoxy) is 1. The van der Waals surface area contributed by atoms with Crippen LogP contribution in [0.4, 0.5) is 0 Å². The molecular formula is C14H16BrNOS. The molecule has 0 bridgehead atoms. The Bertz CT molecular complexity index is 524. The van der Waals surface area contributed by atoms with Gasteiger partial charge < -0.3 is 10.1 Å². The second kappa shape index (κ2) is 6.36. The monoisotopic (exact) mass is 325 g/mol. The molecule has 0 fully saturated rings. The van der Waals surface area contributed by atoms with E-state index in [1.807, 2.05) is 17.4 Å². The predicted molar refractivity (Wildman–Crippen MR) is 81.4 cm³/mol. The topological polar surface area (TPSA) is 21.3 Å². The van der Waals surface area contributed by atoms with Gasteiger partial charge in [-0.1, -0.05) is 13.0 Å². The number of thiophene rings is 1. The Hall–Kier alpha value is -0.840. The van der Waals surface area contributed by atoms with Crippen LogP contribution in [-0.2, 0) is 6.54 Å². The van der Waals surface area contributed by atoms with Crippen LogP contribution in [0, 0.1) is 0 Å². The molecule has 0 aliphatic heterocycles. The van der Waals surface area contributed by atoms with Crippen LogP contribution in [0.3, 0.4) is 0 Å². The fourth-order valence-corrected chi connectivity index (χ4v) is 3.07. The first-order valence-corrected chi connectivity index (χ1v) is 7.49. The number of nitrogens with one attached hydrogen (secondary N) is 1. The third-order valence-electron chi connectivity index (χ3n) is 2.65. The second-order valence-corrected chi connectivity index (χ2v) is 5.92. The molecule has 2 nitrogen and oxygen atoms in total. The summed E-state index contributed by atoms with van der Waals surface area (Å²) in [6.45, 7) is 4.06. The maximum absolute atomic E-state index is 5.32. The molecule has 0 aliphatic rings. The van der Waals surface area contributed by atoms with E-state index in [1.165, 1.54) is 15.3 Å². The molecule has 0 atom stereocenters. The van der Waals surface area contributed by atoms with E-state index in [1.54, 1.807) is 7.11 Å². The molecule has 1 aromatic heterocycles. The first-order valence-electron chi connectivity index (χ1n) is 5.88. The molecule has 96 valence electrons. The largest absolute Gasteiger partial charge is 0.496 e. The van der Waals surface area contributed by atoms with Gasteiger partial charge in [0.05, 0.1) is 11.6 Å². The van der Waals surface area contributed by atoms with Crippen molar-refractivity contribution in [2.75, 3.05) is 13.7 Å². The SMILES string of the molecule is CCNCc1ccc(-c2ccc(Br)c(OC)c2)s1. The first kappa shape index (κ1) is 13.6. The molecule has 0 radical (unpaired) electrons. The van der Waals surface area contributed by atoms with Gasteiger partial charge in [-0.05, 0) is 52.3 Å². The second-order valence-electron chi connectivity index (χ2n) is 3.90. The molecule has 18 heavy (non-hydrogen) atoms. The molecule has 0 spiro atoms. The zero-order valence-corrected chi connectivity index (χ0v) is 12.9. The maximum atomic E-state index is 5.32. The van der Waals surface area contributed by atoms with E-state index in [9.17, 15) is 0 Å². The molecular weight excluding hydrogens is 310 g/mol. The van der Waals surface area contributed by atoms with Crippen molar-refractivity contribution in [1.29, 1.82) is 0 Å². The van der Waals surface area contributed by atoms with Crippen LogP contribution in [0.2, 0.25) is 0 Å². The third-order valence-corrected chi connectivity index (χ3v) is 4.44. The Morgan fingerprint density at radius 2 is 2.11 bits per heavy atom. The van der Waals surface area contributed by atoms with Gasteiger partial charge in [-0.15, -0.1) is 11.3 Å². The summed E-state index contributed by atoms with van der Waals surface area (Å²) in [6, 6.07) is 10.5. The van der Waals surface area contributed by atoms with Gasteiger partial charge in [0.2, 0.25) is 0 Å². The van der Waals surface area contributed by atoms with Crippen molar-refractivity contribution in [3.8, 4) is 16.2 Å². The highest BCUT2D eigenvalue weighted by Crippen LogP contribution is 2.34. The summed E-state index contributed by atoms with van der Waals surface area (Å²) in [5.74, 6) is 0.870. The number of benzene rings is 1. The van der Waals surface area contributed by atoms with Crippen LogP contribution in [-0.4, -0.2) is 13.7 Å². The summed E-state index contributed by atoms with van der Waals surface area (Å²) >= 11 is 5.29. The molecule has 1 aromatic carbocycles. The van der Waals surface area contributed by atoms with Gasteiger partial charge >= 0.3 is 0 Å². The minimum absolute atomic E-state index is 0.870. The lowest BCUT2D eigenvalue weighted by Gasteiger charge is -2.05. The molecule has 0 saturated carbocycles. The molecule has 2 rings (SSSR count). The van der Waals surface area contributed by atoms with Crippen LogP contribution in [0.15, 0.2) is 34.8 Å². The van der Waals surface area contributed by atoms with E-state index in [-0.39, 0.29) is 0 Å². The quantitative estimate of drug-likeness (QED) is 0.885. The smallest absolute Gasteiger partial charge is 0.133 e. The van der Waals surface area contributed by atoms with E-state index in [4.69, 9.17) is 4.74 Å². The lowest BCUT2D eigenvalue weighted by molar-refractivity contribution is 0.412. The Labute approximate surface area is 120 Å². The highest BCUT2D eigenvalue weighted by molar-refractivity contribution is 9.10. The van der Waals surface area contributed by atoms with Crippen LogP contribution in [0.5, 0.6) is 5.75 Å². The van der Waals surface area contributed by atoms with E-state index in [0.717, 1.165) is 23.3 Å². The number of rotatable bonds is 5. The maximum Gasteiger partial charge on any atom is 0.133 e. The lowest BCUT2D eigenvalue weighted by atomic mass is 10.2. The summed E-state index contributed by atoms with van der Waals surface area (Å²) in [7, 11) is 1.69. The lowest BCUT2D eigenvalue weighted by Crippen LogP contribution is -2.10. The van der Waals surface area contributed by atoms with Crippen molar-refractivity contribution < 1.29 is 4.74 Å². The molecule has 0 aliphatic carbocycles. The highest BCUT2D eigenvalue weighted by atomic mass is 79.9. The molecule has 2 aromatic rings. The number of hydrogen-bond acceptors (Lipinski definition) is 3. The fraction of sp³-hybridized carbons (Fsp3) is 0.286. The van der Waals surface area contributed by atoms with Gasteiger partial charge in [-0.25, -0.2) is 0 Å². The van der Waals surface area contributed by atoms with Crippen LogP contribution in [0.25, 0.3) is 10.4 Å². The van der Waals surface area contributed by atoms with Gasteiger partial charge in [0.25, 0.3) is 0 Å². The Morgan fingerprint density at radius 3 is 2.83 bits per heavy atom. The summed E-state index contributed by atoms with van der Waals surface area (Å²) < 4.78 is 6.31. The van der Waals surface area contributed by atoms with E-state index < -0.39 is 0 Å². The molecule has 1 N–H and O–H groups in total. The molecule has 0 unspecified atom stereocenters.